The molecule has 1 N–H and O–H groups in total. The third kappa shape index (κ3) is 3.89. The number of para-hydroxylation sites is 1. The summed E-state index contributed by atoms with van der Waals surface area (Å²) in [7, 11) is 0. The highest BCUT2D eigenvalue weighted by Crippen LogP contribution is 2.34. The van der Waals surface area contributed by atoms with Gasteiger partial charge in [0, 0.05) is 30.8 Å². The fourth-order valence-corrected chi connectivity index (χ4v) is 3.97. The second-order valence-electron chi connectivity index (χ2n) is 7.88. The molecule has 3 heterocycles. The van der Waals surface area contributed by atoms with E-state index in [0.29, 0.717) is 54.5 Å². The fraction of sp³-hybridized carbons (Fsp3) is 0.304. The van der Waals surface area contributed by atoms with Gasteiger partial charge in [0.2, 0.25) is 12.7 Å². The van der Waals surface area contributed by atoms with Crippen LogP contribution in [0.15, 0.2) is 48.5 Å². The Bertz CT molecular complexity index is 1150. The number of hydrogen-bond acceptors (Lipinski definition) is 6. The lowest BCUT2D eigenvalue weighted by atomic mass is 9.95. The maximum atomic E-state index is 13.0. The van der Waals surface area contributed by atoms with Crippen molar-refractivity contribution in [2.75, 3.05) is 25.2 Å². The first-order chi connectivity index (χ1) is 15.6. The predicted molar refractivity (Wildman–Crippen MR) is 116 cm³/mol. The van der Waals surface area contributed by atoms with E-state index in [9.17, 15) is 9.59 Å². The van der Waals surface area contributed by atoms with Crippen molar-refractivity contribution in [1.82, 2.24) is 19.9 Å². The highest BCUT2D eigenvalue weighted by atomic mass is 16.7. The first-order valence-electron chi connectivity index (χ1n) is 10.6. The predicted octanol–water partition coefficient (Wildman–Crippen LogP) is 2.80. The minimum atomic E-state index is -0.162. The number of ether oxygens (including phenoxy) is 2. The van der Waals surface area contributed by atoms with E-state index in [1.807, 2.05) is 30.3 Å². The zero-order chi connectivity index (χ0) is 22.1. The molecule has 2 aromatic carbocycles. The normalized spacial score (nSPS) is 15.6. The van der Waals surface area contributed by atoms with Crippen LogP contribution in [-0.2, 0) is 4.79 Å². The van der Waals surface area contributed by atoms with Gasteiger partial charge in [-0.15, -0.1) is 5.10 Å². The molecule has 5 rings (SSSR count). The number of fused-ring (bicyclic) bond motifs is 1. The van der Waals surface area contributed by atoms with Gasteiger partial charge in [0.1, 0.15) is 0 Å². The molecule has 9 heteroatoms. The number of likely N-dealkylation sites (tertiary alicyclic amines) is 1. The van der Waals surface area contributed by atoms with Crippen LogP contribution in [0, 0.1) is 12.8 Å². The van der Waals surface area contributed by atoms with Crippen molar-refractivity contribution in [3.05, 3.63) is 59.9 Å². The lowest BCUT2D eigenvalue weighted by Gasteiger charge is -2.31. The van der Waals surface area contributed by atoms with Gasteiger partial charge in [0.15, 0.2) is 17.2 Å². The first kappa shape index (κ1) is 20.0. The van der Waals surface area contributed by atoms with Gasteiger partial charge in [-0.25, -0.2) is 0 Å². The Morgan fingerprint density at radius 2 is 1.75 bits per heavy atom. The monoisotopic (exact) mass is 433 g/mol. The molecule has 2 amide bonds. The van der Waals surface area contributed by atoms with Crippen molar-refractivity contribution in [3.63, 3.8) is 0 Å². The zero-order valence-electron chi connectivity index (χ0n) is 17.7. The number of carbonyl (C=O) groups is 2. The maximum absolute atomic E-state index is 13.0. The summed E-state index contributed by atoms with van der Waals surface area (Å²) < 4.78 is 10.7. The molecular formula is C23H23N5O4. The van der Waals surface area contributed by atoms with Crippen molar-refractivity contribution in [2.45, 2.75) is 19.8 Å². The van der Waals surface area contributed by atoms with Crippen molar-refractivity contribution < 1.29 is 19.1 Å². The van der Waals surface area contributed by atoms with E-state index in [-0.39, 0.29) is 24.5 Å². The van der Waals surface area contributed by atoms with Gasteiger partial charge in [0.25, 0.3) is 5.91 Å². The zero-order valence-corrected chi connectivity index (χ0v) is 17.7. The van der Waals surface area contributed by atoms with E-state index in [1.165, 1.54) is 4.80 Å². The summed E-state index contributed by atoms with van der Waals surface area (Å²) in [5.41, 5.74) is 2.40. The Balaban J connectivity index is 1.20. The molecule has 1 aromatic heterocycles. The number of nitrogens with one attached hydrogen (secondary N) is 1. The van der Waals surface area contributed by atoms with Crippen LogP contribution in [-0.4, -0.2) is 51.6 Å². The number of aryl methyl sites for hydroxylation is 1. The molecule has 0 spiro atoms. The molecule has 32 heavy (non-hydrogen) atoms. The Labute approximate surface area is 184 Å². The van der Waals surface area contributed by atoms with Crippen molar-refractivity contribution in [2.24, 2.45) is 5.92 Å². The summed E-state index contributed by atoms with van der Waals surface area (Å²) in [4.78, 5) is 29.0. The molecule has 1 saturated heterocycles. The number of amides is 2. The third-order valence-electron chi connectivity index (χ3n) is 5.76. The number of nitrogens with zero attached hydrogens (tertiary/aromatic N) is 4. The highest BCUT2D eigenvalue weighted by Gasteiger charge is 2.30. The minimum Gasteiger partial charge on any atom is -0.454 e. The molecule has 1 fully saturated rings. The van der Waals surface area contributed by atoms with Crippen LogP contribution in [0.4, 0.5) is 5.69 Å². The van der Waals surface area contributed by atoms with E-state index in [2.05, 4.69) is 15.5 Å². The molecule has 9 nitrogen and oxygen atoms in total. The maximum Gasteiger partial charge on any atom is 0.276 e. The summed E-state index contributed by atoms with van der Waals surface area (Å²) in [6.07, 6.45) is 1.18. The van der Waals surface area contributed by atoms with E-state index in [4.69, 9.17) is 9.47 Å². The van der Waals surface area contributed by atoms with Crippen LogP contribution >= 0.6 is 0 Å². The van der Waals surface area contributed by atoms with E-state index in [0.717, 1.165) is 5.69 Å². The van der Waals surface area contributed by atoms with Crippen LogP contribution in [0.5, 0.6) is 11.5 Å². The molecule has 0 saturated carbocycles. The standard InChI is InChI=1S/C23H23N5O4/c1-15-21(26-28(25-15)18-5-3-2-4-6-18)23(30)27-11-9-16(10-12-27)22(29)24-17-7-8-19-20(13-17)32-14-31-19/h2-8,13,16H,9-12,14H2,1H3,(H,24,29). The molecule has 0 aliphatic carbocycles. The smallest absolute Gasteiger partial charge is 0.276 e. The Morgan fingerprint density at radius 1 is 1.00 bits per heavy atom. The van der Waals surface area contributed by atoms with Gasteiger partial charge in [0.05, 0.1) is 11.4 Å². The Morgan fingerprint density at radius 3 is 2.53 bits per heavy atom. The second-order valence-corrected chi connectivity index (χ2v) is 7.88. The van der Waals surface area contributed by atoms with Gasteiger partial charge >= 0.3 is 0 Å². The van der Waals surface area contributed by atoms with Crippen LogP contribution in [0.2, 0.25) is 0 Å². The number of benzene rings is 2. The van der Waals surface area contributed by atoms with Gasteiger partial charge in [-0.2, -0.15) is 9.90 Å². The van der Waals surface area contributed by atoms with Crippen LogP contribution < -0.4 is 14.8 Å². The summed E-state index contributed by atoms with van der Waals surface area (Å²) in [6, 6.07) is 14.8. The number of rotatable bonds is 4. The molecule has 0 unspecified atom stereocenters. The number of piperidine rings is 1. The minimum absolute atomic E-state index is 0.0535. The average molecular weight is 433 g/mol. The summed E-state index contributed by atoms with van der Waals surface area (Å²) in [6.45, 7) is 2.97. The van der Waals surface area contributed by atoms with Gasteiger partial charge in [-0.1, -0.05) is 18.2 Å². The van der Waals surface area contributed by atoms with Crippen molar-refractivity contribution in [3.8, 4) is 17.2 Å². The fourth-order valence-electron chi connectivity index (χ4n) is 3.97. The topological polar surface area (TPSA) is 98.6 Å². The summed E-state index contributed by atoms with van der Waals surface area (Å²) in [5.74, 6) is 0.934. The molecule has 2 aliphatic heterocycles. The van der Waals surface area contributed by atoms with E-state index < -0.39 is 0 Å². The molecule has 164 valence electrons. The molecule has 0 bridgehead atoms. The Hall–Kier alpha value is -3.88. The van der Waals surface area contributed by atoms with Gasteiger partial charge in [-0.05, 0) is 44.0 Å². The van der Waals surface area contributed by atoms with E-state index >= 15 is 0 Å². The van der Waals surface area contributed by atoms with Crippen molar-refractivity contribution >= 4 is 17.5 Å². The number of aromatic nitrogens is 3. The number of anilines is 1. The molecule has 3 aromatic rings. The third-order valence-corrected chi connectivity index (χ3v) is 5.76. The van der Waals surface area contributed by atoms with Gasteiger partial charge in [-0.3, -0.25) is 9.59 Å². The quantitative estimate of drug-likeness (QED) is 0.679. The Kier molecular flexibility index (Phi) is 5.22. The van der Waals surface area contributed by atoms with Gasteiger partial charge < -0.3 is 19.7 Å². The lowest BCUT2D eigenvalue weighted by molar-refractivity contribution is -0.121. The first-order valence-corrected chi connectivity index (χ1v) is 10.6. The average Bonchev–Trinajstić information content (AvgIpc) is 3.45. The molecule has 0 radical (unpaired) electrons. The number of carbonyl (C=O) groups excluding carboxylic acids is 2. The van der Waals surface area contributed by atoms with Crippen LogP contribution in [0.25, 0.3) is 5.69 Å². The number of hydrogen-bond donors (Lipinski definition) is 1. The van der Waals surface area contributed by atoms with E-state index in [1.54, 1.807) is 30.0 Å². The highest BCUT2D eigenvalue weighted by molar-refractivity contribution is 5.95. The van der Waals surface area contributed by atoms with Crippen LogP contribution in [0.3, 0.4) is 0 Å². The lowest BCUT2D eigenvalue weighted by Crippen LogP contribution is -2.41. The summed E-state index contributed by atoms with van der Waals surface area (Å²) >= 11 is 0. The molecular weight excluding hydrogens is 410 g/mol. The van der Waals surface area contributed by atoms with Crippen LogP contribution in [0.1, 0.15) is 29.0 Å². The van der Waals surface area contributed by atoms with Crippen molar-refractivity contribution in [1.29, 1.82) is 0 Å². The SMILES string of the molecule is Cc1nn(-c2ccccc2)nc1C(=O)N1CCC(C(=O)Nc2ccc3c(c2)OCO3)CC1. The molecule has 2 aliphatic rings. The summed E-state index contributed by atoms with van der Waals surface area (Å²) in [5, 5.41) is 11.7. The molecule has 0 atom stereocenters. The largest absolute Gasteiger partial charge is 0.454 e. The second kappa shape index (κ2) is 8.33.